The third kappa shape index (κ3) is 6.47. The highest BCUT2D eigenvalue weighted by atomic mass is 35.5. The Bertz CT molecular complexity index is 1730. The molecule has 4 aromatic rings. The Morgan fingerprint density at radius 1 is 1.08 bits per heavy atom. The number of aromatic nitrogens is 3. The molecule has 0 aliphatic carbocycles. The van der Waals surface area contributed by atoms with Gasteiger partial charge in [0.2, 0.25) is 17.2 Å². The van der Waals surface area contributed by atoms with Crippen LogP contribution in [-0.4, -0.2) is 38.3 Å². The molecule has 0 spiro atoms. The van der Waals surface area contributed by atoms with Gasteiger partial charge in [-0.1, -0.05) is 22.7 Å². The highest BCUT2D eigenvalue weighted by Gasteiger charge is 2.25. The zero-order valence-electron chi connectivity index (χ0n) is 19.4. The second-order valence-electron chi connectivity index (χ2n) is 7.46. The van der Waals surface area contributed by atoms with Crippen LogP contribution in [0.4, 0.5) is 29.0 Å². The number of nitrogens with zero attached hydrogens (tertiary/aromatic N) is 6. The number of benzene rings is 3. The van der Waals surface area contributed by atoms with Crippen LogP contribution >= 0.6 is 23.6 Å². The summed E-state index contributed by atoms with van der Waals surface area (Å²) in [6.45, 7) is 1.89. The van der Waals surface area contributed by atoms with Crippen molar-refractivity contribution in [3.63, 3.8) is 0 Å². The van der Waals surface area contributed by atoms with Crippen molar-refractivity contribution in [1.82, 2.24) is 15.0 Å². The molecule has 1 aromatic heterocycles. The molecule has 18 heteroatoms. The van der Waals surface area contributed by atoms with Gasteiger partial charge in [-0.15, -0.1) is 9.45 Å². The Balaban J connectivity index is 1.90. The smallest absolute Gasteiger partial charge is 0.297 e. The van der Waals surface area contributed by atoms with Crippen molar-refractivity contribution in [2.45, 2.75) is 16.7 Å². The van der Waals surface area contributed by atoms with Gasteiger partial charge < -0.3 is 10.4 Å². The van der Waals surface area contributed by atoms with Crippen molar-refractivity contribution in [3.8, 4) is 11.9 Å². The van der Waals surface area contributed by atoms with Gasteiger partial charge in [-0.2, -0.15) is 33.7 Å². The SMILES string of the molecule is Cc1ccc(N=Nc2c(SOOO)cc3c(S(=O)(=O)O)c(Nc4nc(Cl)nc(NC#N)n4)ccc3c2O)cc1. The van der Waals surface area contributed by atoms with E-state index in [0.717, 1.165) is 5.56 Å². The molecule has 0 amide bonds. The summed E-state index contributed by atoms with van der Waals surface area (Å²) in [5, 5.41) is 44.5. The molecule has 15 nitrogen and oxygen atoms in total. The predicted molar refractivity (Wildman–Crippen MR) is 139 cm³/mol. The maximum Gasteiger partial charge on any atom is 0.297 e. The molecule has 200 valence electrons. The van der Waals surface area contributed by atoms with Gasteiger partial charge in [-0.25, -0.2) is 5.26 Å². The normalized spacial score (nSPS) is 11.6. The van der Waals surface area contributed by atoms with Crippen LogP contribution in [0, 0.1) is 18.4 Å². The summed E-state index contributed by atoms with van der Waals surface area (Å²) >= 11 is 6.23. The van der Waals surface area contributed by atoms with Gasteiger partial charge in [0.05, 0.1) is 28.3 Å². The van der Waals surface area contributed by atoms with Crippen LogP contribution in [0.1, 0.15) is 5.56 Å². The molecule has 3 aromatic carbocycles. The molecule has 1 heterocycles. The van der Waals surface area contributed by atoms with Crippen LogP contribution < -0.4 is 10.6 Å². The van der Waals surface area contributed by atoms with Crippen molar-refractivity contribution in [3.05, 3.63) is 53.3 Å². The predicted octanol–water partition coefficient (Wildman–Crippen LogP) is 5.42. The number of fused-ring (bicyclic) bond motifs is 1. The summed E-state index contributed by atoms with van der Waals surface area (Å²) in [5.41, 5.74) is 1.07. The second kappa shape index (κ2) is 11.7. The van der Waals surface area contributed by atoms with Gasteiger partial charge in [0.25, 0.3) is 10.1 Å². The van der Waals surface area contributed by atoms with Crippen LogP contribution in [0.15, 0.2) is 62.5 Å². The standard InChI is InChI=1S/C21H15ClN8O7S2/c1-10-2-4-11(5-3-10)29-30-16-15(38-37-36-32)8-13-12(17(16)31)6-7-14(18(13)39(33,34)35)25-21-27-19(22)26-20(28-21)24-9-23/h2-8,31-32H,1H3,(H,33,34,35)(H2,24,25,26,27,28). The first-order chi connectivity index (χ1) is 18.6. The van der Waals surface area contributed by atoms with Crippen LogP contribution in [0.3, 0.4) is 0 Å². The monoisotopic (exact) mass is 590 g/mol. The number of hydrogen-bond donors (Lipinski definition) is 5. The lowest BCUT2D eigenvalue weighted by molar-refractivity contribution is -0.432. The fourth-order valence-corrected chi connectivity index (χ4v) is 4.82. The number of nitriles is 1. The van der Waals surface area contributed by atoms with Gasteiger partial charge in [0.15, 0.2) is 11.9 Å². The minimum absolute atomic E-state index is 0.0409. The average Bonchev–Trinajstić information content (AvgIpc) is 2.87. The molecule has 39 heavy (non-hydrogen) atoms. The van der Waals surface area contributed by atoms with Gasteiger partial charge in [0, 0.05) is 10.8 Å². The molecule has 0 fully saturated rings. The minimum Gasteiger partial charge on any atom is -0.505 e. The summed E-state index contributed by atoms with van der Waals surface area (Å²) in [6.07, 6.45) is 1.61. The first kappa shape index (κ1) is 27.9. The third-order valence-corrected chi connectivity index (χ3v) is 6.66. The van der Waals surface area contributed by atoms with Crippen molar-refractivity contribution in [1.29, 1.82) is 5.26 Å². The number of halogens is 1. The summed E-state index contributed by atoms with van der Waals surface area (Å²) in [5.74, 6) is -1.01. The molecular weight excluding hydrogens is 576 g/mol. The fraction of sp³-hybridized carbons (Fsp3) is 0.0476. The first-order valence-electron chi connectivity index (χ1n) is 10.4. The van der Waals surface area contributed by atoms with E-state index in [1.165, 1.54) is 18.2 Å². The zero-order valence-corrected chi connectivity index (χ0v) is 21.8. The Labute approximate surface area is 228 Å². The largest absolute Gasteiger partial charge is 0.505 e. The number of aromatic hydroxyl groups is 1. The molecule has 4 rings (SSSR count). The summed E-state index contributed by atoms with van der Waals surface area (Å²) in [7, 11) is -4.97. The quantitative estimate of drug-likeness (QED) is 0.0312. The number of azo groups is 1. The number of anilines is 3. The van der Waals surface area contributed by atoms with Crippen LogP contribution in [-0.2, 0) is 19.5 Å². The van der Waals surface area contributed by atoms with Gasteiger partial charge >= 0.3 is 0 Å². The zero-order chi connectivity index (χ0) is 28.2. The number of aryl methyl sites for hydroxylation is 1. The van der Waals surface area contributed by atoms with Crippen LogP contribution in [0.5, 0.6) is 5.75 Å². The highest BCUT2D eigenvalue weighted by molar-refractivity contribution is 7.94. The topological polar surface area (TPSA) is 225 Å². The van der Waals surface area contributed by atoms with Crippen molar-refractivity contribution in [2.24, 2.45) is 10.2 Å². The van der Waals surface area contributed by atoms with Crippen molar-refractivity contribution >= 4 is 73.5 Å². The van der Waals surface area contributed by atoms with Gasteiger partial charge in [0.1, 0.15) is 10.6 Å². The lowest BCUT2D eigenvalue weighted by Gasteiger charge is -2.15. The molecular formula is C21H15ClN8O7S2. The lowest BCUT2D eigenvalue weighted by Crippen LogP contribution is -2.08. The molecule has 0 saturated heterocycles. The van der Waals surface area contributed by atoms with E-state index in [1.807, 2.05) is 6.92 Å². The molecule has 0 atom stereocenters. The summed E-state index contributed by atoms with van der Waals surface area (Å²) < 4.78 is 39.6. The van der Waals surface area contributed by atoms with Crippen molar-refractivity contribution in [2.75, 3.05) is 10.6 Å². The molecule has 0 unspecified atom stereocenters. The molecule has 0 bridgehead atoms. The minimum atomic E-state index is -4.97. The summed E-state index contributed by atoms with van der Waals surface area (Å²) in [6, 6.07) is 10.8. The Hall–Kier alpha value is -4.15. The van der Waals surface area contributed by atoms with E-state index in [-0.39, 0.29) is 44.2 Å². The van der Waals surface area contributed by atoms with Crippen LogP contribution in [0.2, 0.25) is 5.28 Å². The molecule has 0 aliphatic rings. The maximum absolute atomic E-state index is 12.5. The fourth-order valence-electron chi connectivity index (χ4n) is 3.33. The van der Waals surface area contributed by atoms with E-state index >= 15 is 0 Å². The number of phenols is 1. The van der Waals surface area contributed by atoms with Crippen LogP contribution in [0.25, 0.3) is 10.8 Å². The number of phenolic OH excluding ortho intramolecular Hbond substituents is 1. The molecule has 5 N–H and O–H groups in total. The van der Waals surface area contributed by atoms with E-state index < -0.39 is 20.8 Å². The van der Waals surface area contributed by atoms with Crippen molar-refractivity contribution < 1.29 is 32.7 Å². The average molecular weight is 591 g/mol. The Morgan fingerprint density at radius 3 is 2.46 bits per heavy atom. The molecule has 0 radical (unpaired) electrons. The Kier molecular flexibility index (Phi) is 8.37. The van der Waals surface area contributed by atoms with E-state index in [0.29, 0.717) is 17.7 Å². The third-order valence-electron chi connectivity index (χ3n) is 4.92. The summed E-state index contributed by atoms with van der Waals surface area (Å²) in [4.78, 5) is 10.7. The lowest BCUT2D eigenvalue weighted by atomic mass is 10.1. The highest BCUT2D eigenvalue weighted by Crippen LogP contribution is 2.47. The second-order valence-corrected chi connectivity index (χ2v) is 9.90. The Morgan fingerprint density at radius 2 is 1.79 bits per heavy atom. The van der Waals surface area contributed by atoms with Gasteiger partial charge in [-0.3, -0.25) is 9.87 Å². The molecule has 0 saturated carbocycles. The van der Waals surface area contributed by atoms with E-state index in [2.05, 4.69) is 45.2 Å². The maximum atomic E-state index is 12.5. The van der Waals surface area contributed by atoms with E-state index in [4.69, 9.17) is 22.1 Å². The van der Waals surface area contributed by atoms with E-state index in [9.17, 15) is 18.1 Å². The molecule has 0 aliphatic heterocycles. The van der Waals surface area contributed by atoms with E-state index in [1.54, 1.807) is 30.5 Å². The number of nitrogens with one attached hydrogen (secondary N) is 2. The van der Waals surface area contributed by atoms with Gasteiger partial charge in [-0.05, 0) is 48.9 Å². The first-order valence-corrected chi connectivity index (χ1v) is 12.9. The number of rotatable bonds is 9. The number of hydrogen-bond acceptors (Lipinski definition) is 15.